The van der Waals surface area contributed by atoms with Crippen molar-refractivity contribution in [2.24, 2.45) is 7.05 Å². The van der Waals surface area contributed by atoms with Gasteiger partial charge in [0, 0.05) is 38.8 Å². The molecule has 3 aromatic rings. The van der Waals surface area contributed by atoms with E-state index in [2.05, 4.69) is 5.32 Å². The van der Waals surface area contributed by atoms with Crippen molar-refractivity contribution in [2.75, 3.05) is 14.1 Å². The topological polar surface area (TPSA) is 88.5 Å². The molecule has 3 rings (SSSR count). The lowest BCUT2D eigenvalue weighted by Gasteiger charge is -2.16. The van der Waals surface area contributed by atoms with Crippen molar-refractivity contribution in [3.8, 4) is 0 Å². The number of sulfonamides is 1. The fraction of sp³-hybridized carbons (Fsp3) is 0.304. The maximum atomic E-state index is 13.0. The normalized spacial score (nSPS) is 12.8. The summed E-state index contributed by atoms with van der Waals surface area (Å²) in [4.78, 5) is 25.9. The number of amides is 1. The Hall–Kier alpha value is -2.97. The first-order chi connectivity index (χ1) is 14.6. The van der Waals surface area contributed by atoms with Crippen LogP contribution in [0.2, 0.25) is 0 Å². The van der Waals surface area contributed by atoms with Crippen LogP contribution in [-0.2, 0) is 23.5 Å². The van der Waals surface area contributed by atoms with Gasteiger partial charge in [-0.1, -0.05) is 30.3 Å². The van der Waals surface area contributed by atoms with Crippen molar-refractivity contribution in [3.63, 3.8) is 0 Å². The smallest absolute Gasteiger partial charge is 0.256 e. The van der Waals surface area contributed by atoms with Gasteiger partial charge in [0.1, 0.15) is 5.56 Å². The molecule has 0 fully saturated rings. The van der Waals surface area contributed by atoms with E-state index in [0.29, 0.717) is 5.52 Å². The quantitative estimate of drug-likeness (QED) is 0.610. The Kier molecular flexibility index (Phi) is 6.62. The molecule has 1 atom stereocenters. The first kappa shape index (κ1) is 22.7. The Balaban J connectivity index is 1.88. The predicted octanol–water partition coefficient (Wildman–Crippen LogP) is 2.54. The molecule has 0 saturated carbocycles. The van der Waals surface area contributed by atoms with Crippen LogP contribution in [0.3, 0.4) is 0 Å². The van der Waals surface area contributed by atoms with Crippen molar-refractivity contribution >= 4 is 26.8 Å². The van der Waals surface area contributed by atoms with Crippen molar-refractivity contribution < 1.29 is 13.2 Å². The molecule has 0 aliphatic heterocycles. The summed E-state index contributed by atoms with van der Waals surface area (Å²) in [7, 11) is 0.878. The molecule has 0 aliphatic rings. The number of pyridine rings is 1. The average molecular weight is 442 g/mol. The highest BCUT2D eigenvalue weighted by molar-refractivity contribution is 7.89. The van der Waals surface area contributed by atoms with Gasteiger partial charge >= 0.3 is 0 Å². The van der Waals surface area contributed by atoms with Gasteiger partial charge in [-0.25, -0.2) is 12.7 Å². The van der Waals surface area contributed by atoms with Gasteiger partial charge in [-0.3, -0.25) is 9.59 Å². The number of aryl methyl sites for hydroxylation is 2. The molecule has 0 saturated heterocycles. The SMILES string of the molecule is CC(CCc1ccccc1)NC(=O)c1cn(C)c2ccc(S(=O)(=O)N(C)C)cc2c1=O. The fourth-order valence-electron chi connectivity index (χ4n) is 3.41. The van der Waals surface area contributed by atoms with E-state index in [1.54, 1.807) is 17.7 Å². The van der Waals surface area contributed by atoms with Gasteiger partial charge in [0.25, 0.3) is 5.91 Å². The molecular weight excluding hydrogens is 414 g/mol. The van der Waals surface area contributed by atoms with Crippen LogP contribution in [0.5, 0.6) is 0 Å². The first-order valence-corrected chi connectivity index (χ1v) is 11.5. The molecule has 1 N–H and O–H groups in total. The number of hydrogen-bond donors (Lipinski definition) is 1. The molecule has 164 valence electrons. The highest BCUT2D eigenvalue weighted by atomic mass is 32.2. The van der Waals surface area contributed by atoms with E-state index in [-0.39, 0.29) is 21.9 Å². The molecular formula is C23H27N3O4S. The van der Waals surface area contributed by atoms with Gasteiger partial charge in [0.15, 0.2) is 0 Å². The van der Waals surface area contributed by atoms with E-state index < -0.39 is 21.4 Å². The summed E-state index contributed by atoms with van der Waals surface area (Å²) in [5, 5.41) is 3.07. The lowest BCUT2D eigenvalue weighted by atomic mass is 10.1. The lowest BCUT2D eigenvalue weighted by Crippen LogP contribution is -2.36. The lowest BCUT2D eigenvalue weighted by molar-refractivity contribution is 0.0937. The molecule has 1 heterocycles. The van der Waals surface area contributed by atoms with Crippen LogP contribution in [0.15, 0.2) is 64.4 Å². The number of nitrogens with one attached hydrogen (secondary N) is 1. The van der Waals surface area contributed by atoms with Crippen molar-refractivity contribution in [1.82, 2.24) is 14.2 Å². The molecule has 7 nitrogen and oxygen atoms in total. The fourth-order valence-corrected chi connectivity index (χ4v) is 4.33. The molecule has 0 aliphatic carbocycles. The maximum Gasteiger partial charge on any atom is 0.256 e. The molecule has 8 heteroatoms. The van der Waals surface area contributed by atoms with E-state index in [9.17, 15) is 18.0 Å². The number of carbonyl (C=O) groups excluding carboxylic acids is 1. The van der Waals surface area contributed by atoms with E-state index >= 15 is 0 Å². The number of fused-ring (bicyclic) bond motifs is 1. The molecule has 31 heavy (non-hydrogen) atoms. The summed E-state index contributed by atoms with van der Waals surface area (Å²) in [6.45, 7) is 1.90. The summed E-state index contributed by atoms with van der Waals surface area (Å²) >= 11 is 0. The standard InChI is InChI=1S/C23H27N3O4S/c1-16(10-11-17-8-6-5-7-9-17)24-23(28)20-15-26(4)21-13-12-18(14-19(21)22(20)27)31(29,30)25(2)3/h5-9,12-16H,10-11H2,1-4H3,(H,24,28). The third-order valence-electron chi connectivity index (χ3n) is 5.27. The van der Waals surface area contributed by atoms with Gasteiger partial charge in [-0.15, -0.1) is 0 Å². The number of carbonyl (C=O) groups is 1. The van der Waals surface area contributed by atoms with Crippen molar-refractivity contribution in [3.05, 3.63) is 76.1 Å². The minimum absolute atomic E-state index is 0.0101. The summed E-state index contributed by atoms with van der Waals surface area (Å²) < 4.78 is 27.7. The van der Waals surface area contributed by atoms with Crippen LogP contribution >= 0.6 is 0 Å². The Morgan fingerprint density at radius 1 is 1.13 bits per heavy atom. The number of rotatable bonds is 7. The van der Waals surface area contributed by atoms with Crippen LogP contribution in [-0.4, -0.2) is 43.3 Å². The third kappa shape index (κ3) is 4.86. The molecule has 0 radical (unpaired) electrons. The predicted molar refractivity (Wildman–Crippen MR) is 122 cm³/mol. The Bertz CT molecular complexity index is 1270. The molecule has 0 bridgehead atoms. The summed E-state index contributed by atoms with van der Waals surface area (Å²) in [5.41, 5.74) is 1.23. The summed E-state index contributed by atoms with van der Waals surface area (Å²) in [6.07, 6.45) is 3.03. The highest BCUT2D eigenvalue weighted by Gasteiger charge is 2.21. The van der Waals surface area contributed by atoms with Gasteiger partial charge in [0.05, 0.1) is 10.4 Å². The van der Waals surface area contributed by atoms with E-state index in [1.165, 1.54) is 38.0 Å². The van der Waals surface area contributed by atoms with Gasteiger partial charge in [0.2, 0.25) is 15.5 Å². The number of aromatic nitrogens is 1. The van der Waals surface area contributed by atoms with E-state index in [1.807, 2.05) is 37.3 Å². The number of hydrogen-bond acceptors (Lipinski definition) is 4. The number of benzene rings is 2. The zero-order chi connectivity index (χ0) is 22.8. The van der Waals surface area contributed by atoms with Crippen molar-refractivity contribution in [2.45, 2.75) is 30.7 Å². The zero-order valence-corrected chi connectivity index (χ0v) is 18.9. The molecule has 1 unspecified atom stereocenters. The largest absolute Gasteiger partial charge is 0.350 e. The van der Waals surface area contributed by atoms with Crippen LogP contribution in [0, 0.1) is 0 Å². The van der Waals surface area contributed by atoms with Gasteiger partial charge < -0.3 is 9.88 Å². The van der Waals surface area contributed by atoms with Crippen LogP contribution < -0.4 is 10.7 Å². The van der Waals surface area contributed by atoms with Crippen molar-refractivity contribution in [1.29, 1.82) is 0 Å². The Labute approximate surface area is 182 Å². The molecule has 0 spiro atoms. The molecule has 2 aromatic carbocycles. The molecule has 1 aromatic heterocycles. The highest BCUT2D eigenvalue weighted by Crippen LogP contribution is 2.19. The molecule has 1 amide bonds. The Morgan fingerprint density at radius 2 is 1.81 bits per heavy atom. The van der Waals surface area contributed by atoms with Crippen LogP contribution in [0.25, 0.3) is 10.9 Å². The third-order valence-corrected chi connectivity index (χ3v) is 7.08. The number of nitrogens with zero attached hydrogens (tertiary/aromatic N) is 2. The Morgan fingerprint density at radius 3 is 2.45 bits per heavy atom. The summed E-state index contributed by atoms with van der Waals surface area (Å²) in [6, 6.07) is 14.2. The van der Waals surface area contributed by atoms with Gasteiger partial charge in [-0.2, -0.15) is 0 Å². The minimum atomic E-state index is -3.70. The van der Waals surface area contributed by atoms with Crippen LogP contribution in [0.1, 0.15) is 29.3 Å². The second kappa shape index (κ2) is 9.03. The minimum Gasteiger partial charge on any atom is -0.350 e. The average Bonchev–Trinajstić information content (AvgIpc) is 2.75. The second-order valence-electron chi connectivity index (χ2n) is 7.85. The maximum absolute atomic E-state index is 13.0. The second-order valence-corrected chi connectivity index (χ2v) is 10.00. The summed E-state index contributed by atoms with van der Waals surface area (Å²) in [5.74, 6) is -0.469. The zero-order valence-electron chi connectivity index (χ0n) is 18.1. The van der Waals surface area contributed by atoms with E-state index in [0.717, 1.165) is 17.1 Å². The van der Waals surface area contributed by atoms with Gasteiger partial charge in [-0.05, 0) is 43.5 Å². The van der Waals surface area contributed by atoms with E-state index in [4.69, 9.17) is 0 Å². The first-order valence-electron chi connectivity index (χ1n) is 10.0. The van der Waals surface area contributed by atoms with Crippen LogP contribution in [0.4, 0.5) is 0 Å². The monoisotopic (exact) mass is 441 g/mol.